The largest absolute Gasteiger partial charge is 0.353 e. The standard InChI is InChI=1S/C17H32N4O2/c1-4-13(2)15(19-17(23)21-10-5-6-11-21)16(22)18-9-12-20(3)14-7-8-14/h13-15H,4-12H2,1-3H3,(H,18,22)(H,19,23)/t13?,15-/m0/s1. The summed E-state index contributed by atoms with van der Waals surface area (Å²) in [7, 11) is 2.10. The molecule has 2 atom stereocenters. The number of nitrogens with one attached hydrogen (secondary N) is 2. The Kier molecular flexibility index (Phi) is 6.69. The van der Waals surface area contributed by atoms with Crippen molar-refractivity contribution < 1.29 is 9.59 Å². The number of amides is 3. The monoisotopic (exact) mass is 324 g/mol. The zero-order chi connectivity index (χ0) is 16.8. The van der Waals surface area contributed by atoms with Gasteiger partial charge in [-0.15, -0.1) is 0 Å². The third-order valence-electron chi connectivity index (χ3n) is 5.10. The van der Waals surface area contributed by atoms with Gasteiger partial charge in [-0.2, -0.15) is 0 Å². The van der Waals surface area contributed by atoms with Gasteiger partial charge < -0.3 is 20.4 Å². The van der Waals surface area contributed by atoms with Crippen LogP contribution in [0.5, 0.6) is 0 Å². The number of rotatable bonds is 8. The SMILES string of the molecule is CCC(C)[C@H](NC(=O)N1CCCC1)C(=O)NCCN(C)C1CC1. The van der Waals surface area contributed by atoms with Crippen molar-refractivity contribution >= 4 is 11.9 Å². The van der Waals surface area contributed by atoms with Crippen LogP contribution >= 0.6 is 0 Å². The molecule has 2 N–H and O–H groups in total. The van der Waals surface area contributed by atoms with Gasteiger partial charge in [0.1, 0.15) is 6.04 Å². The zero-order valence-corrected chi connectivity index (χ0v) is 14.8. The van der Waals surface area contributed by atoms with E-state index in [1.807, 2.05) is 18.7 Å². The first kappa shape index (κ1) is 18.0. The third-order valence-corrected chi connectivity index (χ3v) is 5.10. The molecule has 23 heavy (non-hydrogen) atoms. The normalized spacial score (nSPS) is 20.4. The van der Waals surface area contributed by atoms with Crippen LogP contribution in [0.15, 0.2) is 0 Å². The van der Waals surface area contributed by atoms with E-state index in [4.69, 9.17) is 0 Å². The van der Waals surface area contributed by atoms with Crippen molar-refractivity contribution in [3.05, 3.63) is 0 Å². The third kappa shape index (κ3) is 5.37. The highest BCUT2D eigenvalue weighted by Gasteiger charge is 2.29. The topological polar surface area (TPSA) is 64.7 Å². The van der Waals surface area contributed by atoms with Crippen molar-refractivity contribution in [3.8, 4) is 0 Å². The zero-order valence-electron chi connectivity index (χ0n) is 14.8. The molecule has 1 unspecified atom stereocenters. The lowest BCUT2D eigenvalue weighted by atomic mass is 9.98. The van der Waals surface area contributed by atoms with E-state index in [0.29, 0.717) is 12.6 Å². The van der Waals surface area contributed by atoms with Gasteiger partial charge in [-0.25, -0.2) is 4.79 Å². The summed E-state index contributed by atoms with van der Waals surface area (Å²) in [6, 6.07) is 0.157. The maximum Gasteiger partial charge on any atom is 0.318 e. The highest BCUT2D eigenvalue weighted by atomic mass is 16.2. The Morgan fingerprint density at radius 3 is 2.48 bits per heavy atom. The highest BCUT2D eigenvalue weighted by molar-refractivity contribution is 5.87. The van der Waals surface area contributed by atoms with Crippen LogP contribution in [0.3, 0.4) is 0 Å². The van der Waals surface area contributed by atoms with E-state index in [1.165, 1.54) is 12.8 Å². The van der Waals surface area contributed by atoms with Crippen molar-refractivity contribution in [2.45, 2.75) is 58.0 Å². The molecule has 0 aromatic heterocycles. The van der Waals surface area contributed by atoms with Gasteiger partial charge in [0.05, 0.1) is 0 Å². The van der Waals surface area contributed by atoms with Gasteiger partial charge in [0, 0.05) is 32.2 Å². The van der Waals surface area contributed by atoms with E-state index < -0.39 is 6.04 Å². The van der Waals surface area contributed by atoms with E-state index in [2.05, 4.69) is 22.6 Å². The van der Waals surface area contributed by atoms with E-state index in [1.54, 1.807) is 0 Å². The molecule has 0 bridgehead atoms. The molecule has 132 valence electrons. The second-order valence-electron chi connectivity index (χ2n) is 7.01. The van der Waals surface area contributed by atoms with Gasteiger partial charge >= 0.3 is 6.03 Å². The van der Waals surface area contributed by atoms with Crippen LogP contribution in [0.4, 0.5) is 4.79 Å². The lowest BCUT2D eigenvalue weighted by molar-refractivity contribution is -0.124. The molecule has 2 aliphatic rings. The van der Waals surface area contributed by atoms with Crippen molar-refractivity contribution in [2.24, 2.45) is 5.92 Å². The summed E-state index contributed by atoms with van der Waals surface area (Å²) in [4.78, 5) is 28.9. The number of nitrogens with zero attached hydrogens (tertiary/aromatic N) is 2. The average Bonchev–Trinajstić information content (AvgIpc) is 3.25. The minimum absolute atomic E-state index is 0.0592. The Bertz CT molecular complexity index is 405. The summed E-state index contributed by atoms with van der Waals surface area (Å²) in [5, 5.41) is 5.94. The molecule has 1 saturated heterocycles. The lowest BCUT2D eigenvalue weighted by Crippen LogP contribution is -2.54. The van der Waals surface area contributed by atoms with Crippen LogP contribution in [0, 0.1) is 5.92 Å². The van der Waals surface area contributed by atoms with E-state index in [9.17, 15) is 9.59 Å². The number of urea groups is 1. The first-order valence-electron chi connectivity index (χ1n) is 9.06. The summed E-state index contributed by atoms with van der Waals surface area (Å²) in [6.07, 6.45) is 5.51. The number of carbonyl (C=O) groups is 2. The second kappa shape index (κ2) is 8.52. The summed E-state index contributed by atoms with van der Waals surface area (Å²) >= 11 is 0. The molecule has 0 spiro atoms. The van der Waals surface area contributed by atoms with E-state index in [-0.39, 0.29) is 17.9 Å². The summed E-state index contributed by atoms with van der Waals surface area (Å²) in [6.45, 7) is 7.17. The number of hydrogen-bond acceptors (Lipinski definition) is 3. The lowest BCUT2D eigenvalue weighted by Gasteiger charge is -2.26. The molecule has 1 saturated carbocycles. The average molecular weight is 324 g/mol. The minimum Gasteiger partial charge on any atom is -0.353 e. The highest BCUT2D eigenvalue weighted by Crippen LogP contribution is 2.24. The fourth-order valence-electron chi connectivity index (χ4n) is 3.01. The van der Waals surface area contributed by atoms with Crippen molar-refractivity contribution in [1.82, 2.24) is 20.4 Å². The molecule has 0 aromatic carbocycles. The number of carbonyl (C=O) groups excluding carboxylic acids is 2. The van der Waals surface area contributed by atoms with Crippen LogP contribution < -0.4 is 10.6 Å². The first-order chi connectivity index (χ1) is 11.0. The van der Waals surface area contributed by atoms with Crippen LogP contribution in [0.25, 0.3) is 0 Å². The van der Waals surface area contributed by atoms with E-state index >= 15 is 0 Å². The number of likely N-dealkylation sites (tertiary alicyclic amines) is 1. The Labute approximate surface area is 140 Å². The maximum atomic E-state index is 12.5. The molecule has 2 fully saturated rings. The Hall–Kier alpha value is -1.30. The van der Waals surface area contributed by atoms with Gasteiger partial charge in [0.15, 0.2) is 0 Å². The van der Waals surface area contributed by atoms with Gasteiger partial charge in [-0.05, 0) is 38.6 Å². The molecule has 2 rings (SSSR count). The van der Waals surface area contributed by atoms with Gasteiger partial charge in [0.2, 0.25) is 5.91 Å². The fraction of sp³-hybridized carbons (Fsp3) is 0.882. The molecule has 1 aliphatic heterocycles. The molecular weight excluding hydrogens is 292 g/mol. The van der Waals surface area contributed by atoms with Crippen LogP contribution in [0.1, 0.15) is 46.0 Å². The molecule has 0 radical (unpaired) electrons. The Morgan fingerprint density at radius 2 is 1.91 bits per heavy atom. The van der Waals surface area contributed by atoms with Crippen molar-refractivity contribution in [1.29, 1.82) is 0 Å². The summed E-state index contributed by atoms with van der Waals surface area (Å²) in [5.41, 5.74) is 0. The predicted octanol–water partition coefficient (Wildman–Crippen LogP) is 1.42. The van der Waals surface area contributed by atoms with Gasteiger partial charge in [0.25, 0.3) is 0 Å². The molecule has 3 amide bonds. The molecule has 0 aromatic rings. The fourth-order valence-corrected chi connectivity index (χ4v) is 3.01. The first-order valence-corrected chi connectivity index (χ1v) is 9.06. The molecular formula is C17H32N4O2. The summed E-state index contributed by atoms with van der Waals surface area (Å²) < 4.78 is 0. The molecule has 1 heterocycles. The summed E-state index contributed by atoms with van der Waals surface area (Å²) in [5.74, 6) is 0.0683. The Balaban J connectivity index is 1.80. The molecule has 6 heteroatoms. The smallest absolute Gasteiger partial charge is 0.318 e. The second-order valence-corrected chi connectivity index (χ2v) is 7.01. The quantitative estimate of drug-likeness (QED) is 0.710. The van der Waals surface area contributed by atoms with Crippen molar-refractivity contribution in [3.63, 3.8) is 0 Å². The van der Waals surface area contributed by atoms with Crippen LogP contribution in [-0.4, -0.2) is 67.0 Å². The van der Waals surface area contributed by atoms with E-state index in [0.717, 1.165) is 38.9 Å². The molecule has 1 aliphatic carbocycles. The predicted molar refractivity (Wildman–Crippen MR) is 91.2 cm³/mol. The number of likely N-dealkylation sites (N-methyl/N-ethyl adjacent to an activating group) is 1. The van der Waals surface area contributed by atoms with Gasteiger partial charge in [-0.1, -0.05) is 20.3 Å². The minimum atomic E-state index is -0.445. The van der Waals surface area contributed by atoms with Crippen LogP contribution in [0.2, 0.25) is 0 Å². The maximum absolute atomic E-state index is 12.5. The van der Waals surface area contributed by atoms with Crippen molar-refractivity contribution in [2.75, 3.05) is 33.2 Å². The number of hydrogen-bond donors (Lipinski definition) is 2. The van der Waals surface area contributed by atoms with Crippen LogP contribution in [-0.2, 0) is 4.79 Å². The Morgan fingerprint density at radius 1 is 1.26 bits per heavy atom. The van der Waals surface area contributed by atoms with Gasteiger partial charge in [-0.3, -0.25) is 4.79 Å². The molecule has 6 nitrogen and oxygen atoms in total.